The maximum absolute atomic E-state index is 12.9. The molecule has 4 rings (SSSR count). The molecule has 2 fully saturated rings. The van der Waals surface area contributed by atoms with Crippen molar-refractivity contribution in [3.05, 3.63) is 34.9 Å². The molecule has 3 N–H and O–H groups in total. The van der Waals surface area contributed by atoms with Gasteiger partial charge in [-0.05, 0) is 51.2 Å². The first-order valence-corrected chi connectivity index (χ1v) is 10.5. The van der Waals surface area contributed by atoms with Crippen LogP contribution in [0.4, 0.5) is 5.69 Å². The number of carbonyl (C=O) groups is 1. The lowest BCUT2D eigenvalue weighted by atomic mass is 9.92. The second kappa shape index (κ2) is 8.81. The van der Waals surface area contributed by atoms with E-state index >= 15 is 0 Å². The summed E-state index contributed by atoms with van der Waals surface area (Å²) in [5.41, 5.74) is 0.0956. The van der Waals surface area contributed by atoms with E-state index in [-0.39, 0.29) is 18.0 Å². The van der Waals surface area contributed by atoms with Crippen LogP contribution in [0.3, 0.4) is 0 Å². The van der Waals surface area contributed by atoms with Gasteiger partial charge in [-0.1, -0.05) is 0 Å². The predicted molar refractivity (Wildman–Crippen MR) is 116 cm³/mol. The summed E-state index contributed by atoms with van der Waals surface area (Å²) in [7, 11) is 2.08. The Kier molecular flexibility index (Phi) is 6.14. The summed E-state index contributed by atoms with van der Waals surface area (Å²) in [6, 6.07) is 5.15. The summed E-state index contributed by atoms with van der Waals surface area (Å²) >= 11 is 0. The molecule has 0 bridgehead atoms. The Labute approximate surface area is 175 Å². The molecule has 2 saturated heterocycles. The van der Waals surface area contributed by atoms with Crippen LogP contribution in [0.1, 0.15) is 12.8 Å². The molecule has 0 saturated carbocycles. The number of aromatic nitrogens is 2. The van der Waals surface area contributed by atoms with E-state index in [4.69, 9.17) is 0 Å². The fraction of sp³-hybridized carbons (Fsp3) is 0.571. The van der Waals surface area contributed by atoms with Crippen molar-refractivity contribution in [3.63, 3.8) is 0 Å². The molecule has 1 aromatic carbocycles. The Balaban J connectivity index is 1.44. The first-order chi connectivity index (χ1) is 14.4. The number of aliphatic hydroxyl groups is 1. The SMILES string of the molecule is CN1CCN(CC(=O)Nc2ccc3c(=O)n(CC4(O)CCNCC4)cnc3c2)CC1. The standard InChI is InChI=1S/C21H30N6O3/c1-25-8-10-26(11-9-25)13-19(28)24-16-2-3-17-18(12-16)23-15-27(20(17)29)14-21(30)4-6-22-7-5-21/h2-3,12,15,22,30H,4-11,13-14H2,1H3,(H,24,28). The zero-order valence-corrected chi connectivity index (χ0v) is 17.4. The first kappa shape index (κ1) is 20.9. The van der Waals surface area contributed by atoms with Crippen LogP contribution in [0.25, 0.3) is 10.9 Å². The molecule has 0 atom stereocenters. The Morgan fingerprint density at radius 1 is 1.23 bits per heavy atom. The van der Waals surface area contributed by atoms with E-state index in [1.54, 1.807) is 18.2 Å². The van der Waals surface area contributed by atoms with E-state index in [0.717, 1.165) is 39.3 Å². The lowest BCUT2D eigenvalue weighted by molar-refractivity contribution is -0.117. The van der Waals surface area contributed by atoms with Crippen LogP contribution in [0.5, 0.6) is 0 Å². The number of piperazine rings is 1. The predicted octanol–water partition coefficient (Wildman–Crippen LogP) is -0.303. The molecule has 2 aliphatic heterocycles. The lowest BCUT2D eigenvalue weighted by Gasteiger charge is -2.32. The van der Waals surface area contributed by atoms with Gasteiger partial charge in [-0.15, -0.1) is 0 Å². The minimum atomic E-state index is -0.887. The highest BCUT2D eigenvalue weighted by Gasteiger charge is 2.30. The number of likely N-dealkylation sites (N-methyl/N-ethyl adjacent to an activating group) is 1. The number of fused-ring (bicyclic) bond motifs is 1. The maximum Gasteiger partial charge on any atom is 0.261 e. The van der Waals surface area contributed by atoms with Crippen LogP contribution in [0, 0.1) is 0 Å². The normalized spacial score (nSPS) is 20.3. The van der Waals surface area contributed by atoms with Crippen LogP contribution in [0.2, 0.25) is 0 Å². The van der Waals surface area contributed by atoms with Crippen LogP contribution in [-0.2, 0) is 11.3 Å². The van der Waals surface area contributed by atoms with E-state index in [2.05, 4.69) is 32.5 Å². The van der Waals surface area contributed by atoms with Gasteiger partial charge in [0.15, 0.2) is 0 Å². The lowest BCUT2D eigenvalue weighted by Crippen LogP contribution is -2.47. The molecule has 162 valence electrons. The van der Waals surface area contributed by atoms with Gasteiger partial charge < -0.3 is 20.6 Å². The van der Waals surface area contributed by atoms with Gasteiger partial charge in [0.25, 0.3) is 5.56 Å². The van der Waals surface area contributed by atoms with Gasteiger partial charge in [0, 0.05) is 31.9 Å². The van der Waals surface area contributed by atoms with Gasteiger partial charge in [0.1, 0.15) is 0 Å². The molecule has 0 radical (unpaired) electrons. The molecule has 2 aliphatic rings. The minimum absolute atomic E-state index is 0.0691. The van der Waals surface area contributed by atoms with Crippen LogP contribution >= 0.6 is 0 Å². The van der Waals surface area contributed by atoms with Gasteiger partial charge in [-0.25, -0.2) is 4.98 Å². The fourth-order valence-corrected chi connectivity index (χ4v) is 4.13. The van der Waals surface area contributed by atoms with E-state index in [1.165, 1.54) is 10.9 Å². The van der Waals surface area contributed by atoms with Gasteiger partial charge >= 0.3 is 0 Å². The number of piperidine rings is 1. The molecule has 0 spiro atoms. The smallest absolute Gasteiger partial charge is 0.261 e. The largest absolute Gasteiger partial charge is 0.388 e. The summed E-state index contributed by atoms with van der Waals surface area (Å²) in [6.07, 6.45) is 2.70. The molecule has 30 heavy (non-hydrogen) atoms. The summed E-state index contributed by atoms with van der Waals surface area (Å²) < 4.78 is 1.49. The Morgan fingerprint density at radius 2 is 1.97 bits per heavy atom. The second-order valence-corrected chi connectivity index (χ2v) is 8.51. The van der Waals surface area contributed by atoms with E-state index in [9.17, 15) is 14.7 Å². The van der Waals surface area contributed by atoms with E-state index < -0.39 is 5.60 Å². The highest BCUT2D eigenvalue weighted by molar-refractivity contribution is 5.94. The number of hydrogen-bond donors (Lipinski definition) is 3. The van der Waals surface area contributed by atoms with Crippen molar-refractivity contribution in [1.82, 2.24) is 24.7 Å². The fourth-order valence-electron chi connectivity index (χ4n) is 4.13. The van der Waals surface area contributed by atoms with Crippen molar-refractivity contribution in [2.24, 2.45) is 0 Å². The summed E-state index contributed by atoms with van der Waals surface area (Å²) in [4.78, 5) is 34.0. The van der Waals surface area contributed by atoms with Gasteiger partial charge in [-0.2, -0.15) is 0 Å². The molecular weight excluding hydrogens is 384 g/mol. The molecule has 1 amide bonds. The molecule has 2 aromatic rings. The second-order valence-electron chi connectivity index (χ2n) is 8.51. The zero-order chi connectivity index (χ0) is 21.1. The quantitative estimate of drug-likeness (QED) is 0.617. The van der Waals surface area contributed by atoms with Crippen LogP contribution in [0.15, 0.2) is 29.3 Å². The van der Waals surface area contributed by atoms with Crippen LogP contribution in [-0.4, -0.2) is 88.8 Å². The number of benzene rings is 1. The number of rotatable bonds is 5. The minimum Gasteiger partial charge on any atom is -0.388 e. The molecule has 9 heteroatoms. The topological polar surface area (TPSA) is 103 Å². The molecule has 1 aromatic heterocycles. The maximum atomic E-state index is 12.9. The third kappa shape index (κ3) is 4.86. The molecule has 3 heterocycles. The van der Waals surface area contributed by atoms with E-state index in [1.807, 2.05) is 0 Å². The van der Waals surface area contributed by atoms with Gasteiger partial charge in [0.2, 0.25) is 5.91 Å². The number of carbonyl (C=O) groups excluding carboxylic acids is 1. The van der Waals surface area contributed by atoms with Crippen molar-refractivity contribution in [3.8, 4) is 0 Å². The number of hydrogen-bond acceptors (Lipinski definition) is 7. The number of nitrogens with zero attached hydrogens (tertiary/aromatic N) is 4. The van der Waals surface area contributed by atoms with E-state index in [0.29, 0.717) is 36.0 Å². The molecule has 9 nitrogen and oxygen atoms in total. The van der Waals surface area contributed by atoms with Gasteiger partial charge in [0.05, 0.1) is 35.9 Å². The van der Waals surface area contributed by atoms with Crippen molar-refractivity contribution >= 4 is 22.5 Å². The Morgan fingerprint density at radius 3 is 2.70 bits per heavy atom. The third-order valence-electron chi connectivity index (χ3n) is 6.07. The Bertz CT molecular complexity index is 961. The molecular formula is C21H30N6O3. The summed E-state index contributed by atoms with van der Waals surface area (Å²) in [5, 5.41) is 17.3. The van der Waals surface area contributed by atoms with Crippen molar-refractivity contribution < 1.29 is 9.90 Å². The Hall–Kier alpha value is -2.33. The van der Waals surface area contributed by atoms with Crippen LogP contribution < -0.4 is 16.2 Å². The molecule has 0 unspecified atom stereocenters. The van der Waals surface area contributed by atoms with Gasteiger partial charge in [-0.3, -0.25) is 19.1 Å². The average Bonchev–Trinajstić information content (AvgIpc) is 2.72. The third-order valence-corrected chi connectivity index (χ3v) is 6.07. The van der Waals surface area contributed by atoms with Crippen molar-refractivity contribution in [2.75, 3.05) is 58.2 Å². The van der Waals surface area contributed by atoms with Crippen molar-refractivity contribution in [2.45, 2.75) is 25.0 Å². The average molecular weight is 415 g/mol. The first-order valence-electron chi connectivity index (χ1n) is 10.5. The zero-order valence-electron chi connectivity index (χ0n) is 17.4. The van der Waals surface area contributed by atoms with Crippen molar-refractivity contribution in [1.29, 1.82) is 0 Å². The molecule has 0 aliphatic carbocycles. The summed E-state index contributed by atoms with van der Waals surface area (Å²) in [6.45, 7) is 5.76. The highest BCUT2D eigenvalue weighted by atomic mass is 16.3. The summed E-state index contributed by atoms with van der Waals surface area (Å²) in [5.74, 6) is -0.0691. The monoisotopic (exact) mass is 414 g/mol. The number of nitrogens with one attached hydrogen (secondary N) is 2. The number of anilines is 1. The highest BCUT2D eigenvalue weighted by Crippen LogP contribution is 2.20. The number of amides is 1.